The highest BCUT2D eigenvalue weighted by molar-refractivity contribution is 6.06. The van der Waals surface area contributed by atoms with E-state index >= 15 is 0 Å². The molecule has 1 saturated heterocycles. The molecule has 4 heterocycles. The van der Waals surface area contributed by atoms with E-state index in [-0.39, 0.29) is 11.1 Å². The Morgan fingerprint density at radius 1 is 1.15 bits per heavy atom. The quantitative estimate of drug-likeness (QED) is 0.725. The molecule has 0 radical (unpaired) electrons. The number of aromatic amines is 1. The van der Waals surface area contributed by atoms with Gasteiger partial charge in [0, 0.05) is 49.9 Å². The lowest BCUT2D eigenvalue weighted by molar-refractivity contribution is 0.489. The first-order valence-corrected chi connectivity index (χ1v) is 9.48. The molecule has 0 aromatic carbocycles. The standard InChI is InChI=1S/C20H20N6O/c27-19-15-12-23-17-14(4-6-22-18(17)25-9-7-21-8-10-25)16(15)24-26(19)20-5-2-1-3-13(20)11-20/h1-6,12-13,21,24H,7-11H2. The van der Waals surface area contributed by atoms with Crippen LogP contribution in [0.5, 0.6) is 0 Å². The first kappa shape index (κ1) is 15.2. The minimum Gasteiger partial charge on any atom is -0.352 e. The van der Waals surface area contributed by atoms with Gasteiger partial charge in [-0.1, -0.05) is 24.3 Å². The molecule has 6 rings (SSSR count). The maximum atomic E-state index is 13.1. The van der Waals surface area contributed by atoms with E-state index in [0.717, 1.165) is 54.8 Å². The van der Waals surface area contributed by atoms with Crippen molar-refractivity contribution < 1.29 is 0 Å². The second-order valence-corrected chi connectivity index (χ2v) is 7.61. The van der Waals surface area contributed by atoms with Crippen molar-refractivity contribution in [1.82, 2.24) is 25.1 Å². The molecule has 136 valence electrons. The highest BCUT2D eigenvalue weighted by Gasteiger charge is 2.54. The predicted molar refractivity (Wildman–Crippen MR) is 105 cm³/mol. The van der Waals surface area contributed by atoms with Crippen molar-refractivity contribution in [3.05, 3.63) is 53.1 Å². The normalized spacial score (nSPS) is 26.7. The van der Waals surface area contributed by atoms with Crippen molar-refractivity contribution in [3.8, 4) is 0 Å². The van der Waals surface area contributed by atoms with E-state index in [4.69, 9.17) is 0 Å². The summed E-state index contributed by atoms with van der Waals surface area (Å²) < 4.78 is 1.80. The maximum Gasteiger partial charge on any atom is 0.276 e. The fourth-order valence-corrected chi connectivity index (χ4v) is 4.55. The zero-order chi connectivity index (χ0) is 18.0. The van der Waals surface area contributed by atoms with Gasteiger partial charge in [0.1, 0.15) is 5.52 Å². The number of aromatic nitrogens is 4. The first-order valence-electron chi connectivity index (χ1n) is 9.48. The predicted octanol–water partition coefficient (Wildman–Crippen LogP) is 1.52. The lowest BCUT2D eigenvalue weighted by atomic mass is 10.1. The van der Waals surface area contributed by atoms with Crippen LogP contribution in [0.25, 0.3) is 21.8 Å². The summed E-state index contributed by atoms with van der Waals surface area (Å²) in [5, 5.41) is 8.37. The topological polar surface area (TPSA) is 78.8 Å². The largest absolute Gasteiger partial charge is 0.352 e. The number of H-pyrrole nitrogens is 1. The maximum absolute atomic E-state index is 13.1. The lowest BCUT2D eigenvalue weighted by Crippen LogP contribution is -2.44. The van der Waals surface area contributed by atoms with Crippen LogP contribution in [0.3, 0.4) is 0 Å². The van der Waals surface area contributed by atoms with E-state index in [0.29, 0.717) is 11.3 Å². The van der Waals surface area contributed by atoms with E-state index in [1.807, 2.05) is 18.3 Å². The number of nitrogens with one attached hydrogen (secondary N) is 2. The number of pyridine rings is 2. The molecule has 1 saturated carbocycles. The number of nitrogens with zero attached hydrogens (tertiary/aromatic N) is 4. The van der Waals surface area contributed by atoms with E-state index in [1.54, 1.807) is 10.9 Å². The van der Waals surface area contributed by atoms with Crippen molar-refractivity contribution in [2.45, 2.75) is 12.0 Å². The Hall–Kier alpha value is -2.93. The van der Waals surface area contributed by atoms with Crippen LogP contribution in [0, 0.1) is 5.92 Å². The second-order valence-electron chi connectivity index (χ2n) is 7.61. The summed E-state index contributed by atoms with van der Waals surface area (Å²) in [6.45, 7) is 3.70. The number of hydrogen-bond acceptors (Lipinski definition) is 5. The van der Waals surface area contributed by atoms with Gasteiger partial charge in [-0.3, -0.25) is 14.9 Å². The van der Waals surface area contributed by atoms with E-state index in [1.165, 1.54) is 0 Å². The van der Waals surface area contributed by atoms with Crippen LogP contribution in [-0.4, -0.2) is 45.9 Å². The van der Waals surface area contributed by atoms with Crippen molar-refractivity contribution in [3.63, 3.8) is 0 Å². The Balaban J connectivity index is 1.56. The Labute approximate surface area is 155 Å². The van der Waals surface area contributed by atoms with E-state index in [2.05, 4.69) is 43.5 Å². The molecule has 2 aliphatic carbocycles. The molecule has 2 atom stereocenters. The van der Waals surface area contributed by atoms with E-state index in [9.17, 15) is 4.79 Å². The number of allylic oxidation sites excluding steroid dienone is 4. The van der Waals surface area contributed by atoms with Crippen LogP contribution in [0.4, 0.5) is 5.82 Å². The molecule has 27 heavy (non-hydrogen) atoms. The first-order chi connectivity index (χ1) is 13.3. The fourth-order valence-electron chi connectivity index (χ4n) is 4.55. The van der Waals surface area contributed by atoms with Gasteiger partial charge >= 0.3 is 0 Å². The Kier molecular flexibility index (Phi) is 2.97. The molecule has 1 aliphatic heterocycles. The molecule has 3 aromatic heterocycles. The SMILES string of the molecule is O=c1c2cnc3c(N4CCNCC4)nccc3c2[nH]n1C12C=CC=CC1C2. The molecule has 2 fully saturated rings. The van der Waals surface area contributed by atoms with Crippen LogP contribution < -0.4 is 15.8 Å². The molecule has 3 aliphatic rings. The fraction of sp³-hybridized carbons (Fsp3) is 0.350. The molecule has 0 bridgehead atoms. The monoisotopic (exact) mass is 360 g/mol. The van der Waals surface area contributed by atoms with Crippen LogP contribution in [0.1, 0.15) is 6.42 Å². The van der Waals surface area contributed by atoms with Gasteiger partial charge in [0.15, 0.2) is 5.82 Å². The van der Waals surface area contributed by atoms with Crippen LogP contribution in [0.2, 0.25) is 0 Å². The molecule has 7 nitrogen and oxygen atoms in total. The van der Waals surface area contributed by atoms with Gasteiger partial charge in [-0.2, -0.15) is 0 Å². The zero-order valence-electron chi connectivity index (χ0n) is 14.9. The summed E-state index contributed by atoms with van der Waals surface area (Å²) >= 11 is 0. The number of rotatable bonds is 2. The smallest absolute Gasteiger partial charge is 0.276 e. The summed E-state index contributed by atoms with van der Waals surface area (Å²) in [6.07, 6.45) is 12.9. The van der Waals surface area contributed by atoms with Crippen molar-refractivity contribution in [2.75, 3.05) is 31.1 Å². The highest BCUT2D eigenvalue weighted by atomic mass is 16.1. The third-order valence-electron chi connectivity index (χ3n) is 6.12. The van der Waals surface area contributed by atoms with Crippen LogP contribution in [-0.2, 0) is 5.54 Å². The van der Waals surface area contributed by atoms with Crippen LogP contribution >= 0.6 is 0 Å². The Morgan fingerprint density at radius 3 is 2.89 bits per heavy atom. The summed E-state index contributed by atoms with van der Waals surface area (Å²) in [7, 11) is 0. The molecule has 0 spiro atoms. The van der Waals surface area contributed by atoms with Gasteiger partial charge in [0.2, 0.25) is 0 Å². The van der Waals surface area contributed by atoms with Crippen LogP contribution in [0.15, 0.2) is 47.6 Å². The zero-order valence-corrected chi connectivity index (χ0v) is 14.9. The molecular formula is C20H20N6O. The average molecular weight is 360 g/mol. The molecular weight excluding hydrogens is 340 g/mol. The van der Waals surface area contributed by atoms with Gasteiger partial charge in [-0.25, -0.2) is 9.67 Å². The Morgan fingerprint density at radius 2 is 2.04 bits per heavy atom. The summed E-state index contributed by atoms with van der Waals surface area (Å²) in [5.41, 5.74) is 1.48. The van der Waals surface area contributed by atoms with Crippen molar-refractivity contribution in [1.29, 1.82) is 0 Å². The third-order valence-corrected chi connectivity index (χ3v) is 6.12. The molecule has 2 N–H and O–H groups in total. The number of anilines is 1. The third kappa shape index (κ3) is 2.03. The molecule has 0 amide bonds. The minimum atomic E-state index is -0.231. The minimum absolute atomic E-state index is 0.00221. The van der Waals surface area contributed by atoms with E-state index < -0.39 is 0 Å². The number of hydrogen-bond donors (Lipinski definition) is 2. The Bertz CT molecular complexity index is 1180. The van der Waals surface area contributed by atoms with Gasteiger partial charge in [0.05, 0.1) is 16.4 Å². The molecule has 2 unspecified atom stereocenters. The summed E-state index contributed by atoms with van der Waals surface area (Å²) in [4.78, 5) is 24.6. The summed E-state index contributed by atoms with van der Waals surface area (Å²) in [5.74, 6) is 1.29. The highest BCUT2D eigenvalue weighted by Crippen LogP contribution is 2.53. The average Bonchev–Trinajstić information content (AvgIpc) is 3.37. The molecule has 3 aromatic rings. The van der Waals surface area contributed by atoms with Gasteiger partial charge in [0.25, 0.3) is 5.56 Å². The summed E-state index contributed by atoms with van der Waals surface area (Å²) in [6, 6.07) is 1.95. The lowest BCUT2D eigenvalue weighted by Gasteiger charge is -2.28. The van der Waals surface area contributed by atoms with Gasteiger partial charge < -0.3 is 10.2 Å². The second kappa shape index (κ2) is 5.29. The van der Waals surface area contributed by atoms with Crippen molar-refractivity contribution in [2.24, 2.45) is 5.92 Å². The van der Waals surface area contributed by atoms with Gasteiger partial charge in [-0.05, 0) is 12.5 Å². The van der Waals surface area contributed by atoms with Gasteiger partial charge in [-0.15, -0.1) is 0 Å². The number of fused-ring (bicyclic) bond motifs is 4. The van der Waals surface area contributed by atoms with Crippen molar-refractivity contribution >= 4 is 27.6 Å². The number of piperazine rings is 1. The molecule has 7 heteroatoms.